The summed E-state index contributed by atoms with van der Waals surface area (Å²) in [6.45, 7) is 0.825. The number of rotatable bonds is 1. The topological polar surface area (TPSA) is 49.3 Å². The van der Waals surface area contributed by atoms with E-state index in [0.717, 1.165) is 24.2 Å². The van der Waals surface area contributed by atoms with Gasteiger partial charge in [0, 0.05) is 11.0 Å². The van der Waals surface area contributed by atoms with E-state index < -0.39 is 5.97 Å². The number of fused-ring (bicyclic) bond motifs is 1. The molecule has 0 saturated carbocycles. The largest absolute Gasteiger partial charge is 0.478 e. The Labute approximate surface area is 83.9 Å². The van der Waals surface area contributed by atoms with Crippen LogP contribution in [0.5, 0.6) is 0 Å². The average molecular weight is 242 g/mol. The smallest absolute Gasteiger partial charge is 0.338 e. The first-order valence-electron chi connectivity index (χ1n) is 3.98. The van der Waals surface area contributed by atoms with Crippen molar-refractivity contribution in [2.75, 3.05) is 11.9 Å². The number of hydrogen-bond donors (Lipinski definition) is 2. The zero-order chi connectivity index (χ0) is 9.42. The molecule has 0 unspecified atom stereocenters. The summed E-state index contributed by atoms with van der Waals surface area (Å²) in [7, 11) is 0. The summed E-state index contributed by atoms with van der Waals surface area (Å²) in [5, 5.41) is 12.0. The molecular formula is C9H8BrNO2. The number of benzene rings is 1. The minimum Gasteiger partial charge on any atom is -0.478 e. The maximum Gasteiger partial charge on any atom is 0.338 e. The molecule has 2 N–H and O–H groups in total. The van der Waals surface area contributed by atoms with E-state index in [2.05, 4.69) is 21.2 Å². The van der Waals surface area contributed by atoms with Gasteiger partial charge in [0.1, 0.15) is 0 Å². The van der Waals surface area contributed by atoms with E-state index in [1.807, 2.05) is 6.07 Å². The number of carboxylic acids is 1. The first-order valence-corrected chi connectivity index (χ1v) is 4.78. The second kappa shape index (κ2) is 3.03. The molecule has 0 bridgehead atoms. The average Bonchev–Trinajstić information content (AvgIpc) is 2.50. The summed E-state index contributed by atoms with van der Waals surface area (Å²) in [4.78, 5) is 10.9. The van der Waals surface area contributed by atoms with Crippen LogP contribution in [0.25, 0.3) is 0 Å². The van der Waals surface area contributed by atoms with Gasteiger partial charge in [0.25, 0.3) is 0 Å². The predicted octanol–water partition coefficient (Wildman–Crippen LogP) is 2.12. The van der Waals surface area contributed by atoms with Crippen LogP contribution >= 0.6 is 15.9 Å². The van der Waals surface area contributed by atoms with Crippen molar-refractivity contribution in [1.82, 2.24) is 0 Å². The molecule has 3 nitrogen and oxygen atoms in total. The Morgan fingerprint density at radius 3 is 3.00 bits per heavy atom. The van der Waals surface area contributed by atoms with Crippen molar-refractivity contribution in [3.8, 4) is 0 Å². The Hall–Kier alpha value is -1.03. The Morgan fingerprint density at radius 2 is 2.31 bits per heavy atom. The first-order chi connectivity index (χ1) is 6.20. The fourth-order valence-corrected chi connectivity index (χ4v) is 2.06. The Balaban J connectivity index is 2.65. The van der Waals surface area contributed by atoms with Crippen LogP contribution in [0.3, 0.4) is 0 Å². The summed E-state index contributed by atoms with van der Waals surface area (Å²) in [5.74, 6) is -0.891. The van der Waals surface area contributed by atoms with Crippen molar-refractivity contribution >= 4 is 27.6 Å². The minimum atomic E-state index is -0.891. The Morgan fingerprint density at radius 1 is 1.54 bits per heavy atom. The van der Waals surface area contributed by atoms with Crippen LogP contribution in [0.4, 0.5) is 5.69 Å². The van der Waals surface area contributed by atoms with Crippen LogP contribution in [-0.4, -0.2) is 17.6 Å². The zero-order valence-electron chi connectivity index (χ0n) is 6.80. The van der Waals surface area contributed by atoms with Gasteiger partial charge in [-0.1, -0.05) is 6.07 Å². The third-order valence-corrected chi connectivity index (χ3v) is 2.81. The lowest BCUT2D eigenvalue weighted by atomic mass is 10.1. The number of aromatic carboxylic acids is 1. The molecule has 1 heterocycles. The highest BCUT2D eigenvalue weighted by Crippen LogP contribution is 2.31. The third kappa shape index (κ3) is 1.31. The van der Waals surface area contributed by atoms with Gasteiger partial charge in [0.15, 0.2) is 0 Å². The van der Waals surface area contributed by atoms with Gasteiger partial charge in [0.2, 0.25) is 0 Å². The van der Waals surface area contributed by atoms with E-state index in [-0.39, 0.29) is 0 Å². The molecule has 0 aliphatic carbocycles. The lowest BCUT2D eigenvalue weighted by Gasteiger charge is -2.06. The quantitative estimate of drug-likeness (QED) is 0.792. The van der Waals surface area contributed by atoms with Crippen LogP contribution in [-0.2, 0) is 6.42 Å². The van der Waals surface area contributed by atoms with E-state index in [4.69, 9.17) is 5.11 Å². The van der Waals surface area contributed by atoms with Gasteiger partial charge in [-0.2, -0.15) is 0 Å². The monoisotopic (exact) mass is 241 g/mol. The SMILES string of the molecule is O=C(O)c1c(Br)ccc2c1NCC2. The Bertz CT molecular complexity index is 376. The fourth-order valence-electron chi connectivity index (χ4n) is 1.56. The summed E-state index contributed by atoms with van der Waals surface area (Å²) in [5.41, 5.74) is 2.19. The van der Waals surface area contributed by atoms with Crippen LogP contribution in [0.1, 0.15) is 15.9 Å². The van der Waals surface area contributed by atoms with Gasteiger partial charge < -0.3 is 10.4 Å². The normalized spacial score (nSPS) is 13.6. The van der Waals surface area contributed by atoms with E-state index >= 15 is 0 Å². The van der Waals surface area contributed by atoms with Crippen LogP contribution in [0.2, 0.25) is 0 Å². The molecule has 0 amide bonds. The van der Waals surface area contributed by atoms with Crippen molar-refractivity contribution < 1.29 is 9.90 Å². The van der Waals surface area contributed by atoms with Gasteiger partial charge in [-0.3, -0.25) is 0 Å². The van der Waals surface area contributed by atoms with Gasteiger partial charge in [-0.25, -0.2) is 4.79 Å². The van der Waals surface area contributed by atoms with Crippen LogP contribution in [0, 0.1) is 0 Å². The van der Waals surface area contributed by atoms with Gasteiger partial charge in [-0.05, 0) is 34.0 Å². The molecule has 0 atom stereocenters. The summed E-state index contributed by atoms with van der Waals surface area (Å²) in [6.07, 6.45) is 0.906. The number of nitrogens with one attached hydrogen (secondary N) is 1. The van der Waals surface area contributed by atoms with E-state index in [0.29, 0.717) is 10.0 Å². The van der Waals surface area contributed by atoms with Crippen molar-refractivity contribution in [2.45, 2.75) is 6.42 Å². The molecule has 0 aromatic heterocycles. The van der Waals surface area contributed by atoms with Crippen LogP contribution in [0.15, 0.2) is 16.6 Å². The molecule has 1 aliphatic rings. The highest BCUT2D eigenvalue weighted by atomic mass is 79.9. The van der Waals surface area contributed by atoms with Crippen molar-refractivity contribution in [1.29, 1.82) is 0 Å². The van der Waals surface area contributed by atoms with E-state index in [9.17, 15) is 4.79 Å². The maximum absolute atomic E-state index is 10.9. The lowest BCUT2D eigenvalue weighted by Crippen LogP contribution is -2.03. The van der Waals surface area contributed by atoms with Gasteiger partial charge >= 0.3 is 5.97 Å². The number of carbonyl (C=O) groups is 1. The number of carboxylic acid groups (broad SMARTS) is 1. The van der Waals surface area contributed by atoms with E-state index in [1.165, 1.54) is 0 Å². The first kappa shape index (κ1) is 8.56. The van der Waals surface area contributed by atoms with E-state index in [1.54, 1.807) is 6.07 Å². The second-order valence-corrected chi connectivity index (χ2v) is 3.79. The molecule has 0 radical (unpaired) electrons. The molecule has 13 heavy (non-hydrogen) atoms. The summed E-state index contributed by atoms with van der Waals surface area (Å²) >= 11 is 3.23. The molecule has 4 heteroatoms. The minimum absolute atomic E-state index is 0.343. The maximum atomic E-state index is 10.9. The molecule has 0 spiro atoms. The van der Waals surface area contributed by atoms with Crippen molar-refractivity contribution in [2.24, 2.45) is 0 Å². The highest BCUT2D eigenvalue weighted by molar-refractivity contribution is 9.10. The van der Waals surface area contributed by atoms with Crippen molar-refractivity contribution in [3.63, 3.8) is 0 Å². The zero-order valence-corrected chi connectivity index (χ0v) is 8.39. The molecule has 0 saturated heterocycles. The second-order valence-electron chi connectivity index (χ2n) is 2.94. The molecule has 1 aromatic rings. The fraction of sp³-hybridized carbons (Fsp3) is 0.222. The number of hydrogen-bond acceptors (Lipinski definition) is 2. The molecule has 68 valence electrons. The van der Waals surface area contributed by atoms with Gasteiger partial charge in [-0.15, -0.1) is 0 Å². The predicted molar refractivity (Wildman–Crippen MR) is 53.3 cm³/mol. The van der Waals surface area contributed by atoms with Gasteiger partial charge in [0.05, 0.1) is 11.3 Å². The molecule has 0 fully saturated rings. The summed E-state index contributed by atoms with van der Waals surface area (Å²) in [6, 6.07) is 3.74. The lowest BCUT2D eigenvalue weighted by molar-refractivity contribution is 0.0697. The molecular weight excluding hydrogens is 234 g/mol. The van der Waals surface area contributed by atoms with Crippen molar-refractivity contribution in [3.05, 3.63) is 27.7 Å². The highest BCUT2D eigenvalue weighted by Gasteiger charge is 2.20. The standard InChI is InChI=1S/C9H8BrNO2/c10-6-2-1-5-3-4-11-8(5)7(6)9(12)13/h1-2,11H,3-4H2,(H,12,13). The molecule has 1 aromatic carbocycles. The summed E-state index contributed by atoms with van der Waals surface area (Å²) < 4.78 is 0.633. The molecule has 2 rings (SSSR count). The third-order valence-electron chi connectivity index (χ3n) is 2.15. The molecule has 1 aliphatic heterocycles. The van der Waals surface area contributed by atoms with Crippen LogP contribution < -0.4 is 5.32 Å². The number of halogens is 1. The number of anilines is 1. The Kier molecular flexibility index (Phi) is 2.00.